The number of anilines is 2. The lowest BCUT2D eigenvalue weighted by molar-refractivity contribution is -0.680. The second-order valence-corrected chi connectivity index (χ2v) is 8.48. The molecule has 7 N–H and O–H groups in total. The van der Waals surface area contributed by atoms with E-state index < -0.39 is 14.3 Å². The van der Waals surface area contributed by atoms with Crippen LogP contribution >= 0.6 is 20.0 Å². The van der Waals surface area contributed by atoms with E-state index in [-0.39, 0.29) is 29.0 Å². The van der Waals surface area contributed by atoms with Crippen molar-refractivity contribution >= 4 is 48.6 Å². The number of nitrogens with one attached hydrogen (secondary N) is 1. The average Bonchev–Trinajstić information content (AvgIpc) is 3.05. The fraction of sp³-hybridized carbons (Fsp3) is 0.368. The number of ether oxygens (including phenoxy) is 1. The highest BCUT2D eigenvalue weighted by Gasteiger charge is 2.26. The summed E-state index contributed by atoms with van der Waals surface area (Å²) in [5.41, 5.74) is 13.1. The lowest BCUT2D eigenvalue weighted by atomic mass is 10.3. The van der Waals surface area contributed by atoms with Gasteiger partial charge in [0.1, 0.15) is 12.3 Å². The highest BCUT2D eigenvalue weighted by Crippen LogP contribution is 2.25. The molecule has 3 rings (SSSR count). The summed E-state index contributed by atoms with van der Waals surface area (Å²) >= 11 is 5.89. The van der Waals surface area contributed by atoms with E-state index >= 15 is 0 Å². The van der Waals surface area contributed by atoms with Crippen molar-refractivity contribution in [3.05, 3.63) is 34.9 Å². The summed E-state index contributed by atoms with van der Waals surface area (Å²) in [6.45, 7) is 3.35. The highest BCUT2D eigenvalue weighted by molar-refractivity contribution is 7.45. The molecule has 11 nitrogen and oxygen atoms in total. The van der Waals surface area contributed by atoms with Gasteiger partial charge in [-0.2, -0.15) is 0 Å². The van der Waals surface area contributed by atoms with Gasteiger partial charge in [-0.25, -0.2) is 19.1 Å². The quantitative estimate of drug-likeness (QED) is 0.224. The molecule has 0 bridgehead atoms. The number of halogens is 1. The third-order valence-electron chi connectivity index (χ3n) is 4.97. The Morgan fingerprint density at radius 2 is 2.06 bits per heavy atom. The number of carbonyl (C=O) groups excluding carboxylic acids is 1. The number of hydrogen-bond donors (Lipinski definition) is 5. The number of amides is 1. The number of nitrogen functional groups attached to an aromatic ring is 2. The van der Waals surface area contributed by atoms with Gasteiger partial charge in [0.2, 0.25) is 0 Å². The second-order valence-electron chi connectivity index (χ2n) is 6.93. The number of fused-ring (bicyclic) bond motifs is 1. The number of benzene rings is 1. The zero-order valence-electron chi connectivity index (χ0n) is 17.7. The Morgan fingerprint density at radius 1 is 1.31 bits per heavy atom. The number of carbonyl (C=O) groups is 1. The van der Waals surface area contributed by atoms with Crippen LogP contribution in [0.3, 0.4) is 0 Å². The molecule has 0 saturated carbocycles. The first-order valence-corrected chi connectivity index (χ1v) is 11.7. The van der Waals surface area contributed by atoms with Crippen LogP contribution in [0.1, 0.15) is 29.7 Å². The van der Waals surface area contributed by atoms with Crippen LogP contribution in [0.15, 0.2) is 18.2 Å². The van der Waals surface area contributed by atoms with E-state index in [0.29, 0.717) is 31.4 Å². The van der Waals surface area contributed by atoms with Gasteiger partial charge in [-0.3, -0.25) is 4.79 Å². The number of methoxy groups -OCH3 is 1. The number of nitrogens with two attached hydrogens (primary N) is 2. The molecule has 13 heteroatoms. The number of aryl methyl sites for hydroxylation is 2. The van der Waals surface area contributed by atoms with Gasteiger partial charge in [-0.05, 0) is 25.5 Å². The molecular formula is C19H26ClN7O4P+. The number of nitrogens with zero attached hydrogens (tertiary/aromatic N) is 4. The molecular weight excluding hydrogens is 457 g/mol. The fourth-order valence-corrected chi connectivity index (χ4v) is 4.06. The zero-order chi connectivity index (χ0) is 23.4. The minimum Gasteiger partial charge on any atom is -0.497 e. The zero-order valence-corrected chi connectivity index (χ0v) is 19.4. The van der Waals surface area contributed by atoms with E-state index in [0.717, 1.165) is 16.9 Å². The van der Waals surface area contributed by atoms with Crippen LogP contribution in [-0.2, 0) is 19.6 Å². The Balaban J connectivity index is 1.96. The molecule has 1 amide bonds. The maximum Gasteiger partial charge on any atom is 0.277 e. The summed E-state index contributed by atoms with van der Waals surface area (Å²) in [6, 6.07) is 5.73. The van der Waals surface area contributed by atoms with Crippen molar-refractivity contribution in [2.45, 2.75) is 33.0 Å². The van der Waals surface area contributed by atoms with E-state index in [2.05, 4.69) is 19.9 Å². The van der Waals surface area contributed by atoms with E-state index in [9.17, 15) is 14.6 Å². The maximum atomic E-state index is 12.7. The van der Waals surface area contributed by atoms with Crippen LogP contribution in [0.25, 0.3) is 11.0 Å². The van der Waals surface area contributed by atoms with Crippen LogP contribution in [0.5, 0.6) is 5.75 Å². The van der Waals surface area contributed by atoms with Gasteiger partial charge in [0, 0.05) is 12.2 Å². The van der Waals surface area contributed by atoms with Crippen LogP contribution in [0.2, 0.25) is 5.15 Å². The molecule has 3 aromatic rings. The molecule has 0 aliphatic rings. The van der Waals surface area contributed by atoms with Crippen molar-refractivity contribution in [3.63, 3.8) is 0 Å². The third kappa shape index (κ3) is 5.02. The average molecular weight is 483 g/mol. The lowest BCUT2D eigenvalue weighted by Gasteiger charge is -2.09. The molecule has 0 aliphatic heterocycles. The monoisotopic (exact) mass is 482 g/mol. The first kappa shape index (κ1) is 23.9. The van der Waals surface area contributed by atoms with Crippen LogP contribution < -0.4 is 26.1 Å². The van der Waals surface area contributed by atoms with E-state index in [4.69, 9.17) is 27.8 Å². The number of hydrogen-bond acceptors (Lipinski definition) is 8. The van der Waals surface area contributed by atoms with Crippen molar-refractivity contribution < 1.29 is 23.9 Å². The van der Waals surface area contributed by atoms with E-state index in [1.165, 1.54) is 0 Å². The Labute approximate surface area is 190 Å². The third-order valence-corrected chi connectivity index (χ3v) is 5.96. The summed E-state index contributed by atoms with van der Waals surface area (Å²) in [5, 5.41) is 2.72. The molecule has 0 spiro atoms. The summed E-state index contributed by atoms with van der Waals surface area (Å²) in [6.07, 6.45) is 0.852. The topological polar surface area (TPSA) is 165 Å². The number of imidazole rings is 1. The van der Waals surface area contributed by atoms with Gasteiger partial charge in [-0.15, -0.1) is 0 Å². The van der Waals surface area contributed by atoms with Gasteiger partial charge >= 0.3 is 0 Å². The standard InChI is InChI=1S/C19H25ClN7O4P/c1-3-26-13-9-11(31-2)5-6-12(13)27(7-4-8-32(29)30)14(26)10-23-19(28)15-17(21)25-18(22)16(20)24-15/h5-6,9,29-30H,3-4,7-8,10H2,1-2H3,(H4-,21,22,23,25,28)/p+1. The summed E-state index contributed by atoms with van der Waals surface area (Å²) < 4.78 is 9.47. The molecule has 32 heavy (non-hydrogen) atoms. The second kappa shape index (κ2) is 10.3. The molecule has 172 valence electrons. The minimum atomic E-state index is -1.97. The predicted octanol–water partition coefficient (Wildman–Crippen LogP) is 1.18. The van der Waals surface area contributed by atoms with Crippen LogP contribution in [0, 0.1) is 0 Å². The fourth-order valence-electron chi connectivity index (χ4n) is 3.51. The molecule has 0 fully saturated rings. The Bertz CT molecular complexity index is 1140. The molecule has 0 aliphatic carbocycles. The van der Waals surface area contributed by atoms with Crippen molar-refractivity contribution in [3.8, 4) is 5.75 Å². The smallest absolute Gasteiger partial charge is 0.277 e. The van der Waals surface area contributed by atoms with Crippen molar-refractivity contribution in [2.24, 2.45) is 0 Å². The molecule has 1 aromatic carbocycles. The minimum absolute atomic E-state index is 0.0497. The molecule has 0 unspecified atom stereocenters. The van der Waals surface area contributed by atoms with Crippen molar-refractivity contribution in [2.75, 3.05) is 24.7 Å². The van der Waals surface area contributed by atoms with Crippen molar-refractivity contribution in [1.82, 2.24) is 19.9 Å². The predicted molar refractivity (Wildman–Crippen MR) is 122 cm³/mol. The normalized spacial score (nSPS) is 11.3. The van der Waals surface area contributed by atoms with Crippen LogP contribution in [0.4, 0.5) is 11.6 Å². The number of rotatable bonds is 9. The van der Waals surface area contributed by atoms with Crippen molar-refractivity contribution in [1.29, 1.82) is 0 Å². The molecule has 0 atom stereocenters. The molecule has 0 radical (unpaired) electrons. The molecule has 2 heterocycles. The molecule has 0 saturated heterocycles. The number of aromatic nitrogens is 4. The Kier molecular flexibility index (Phi) is 7.68. The Hall–Kier alpha value is -2.72. The summed E-state index contributed by atoms with van der Waals surface area (Å²) in [4.78, 5) is 39.1. The first-order chi connectivity index (χ1) is 15.3. The van der Waals surface area contributed by atoms with Gasteiger partial charge < -0.3 is 31.3 Å². The SMILES string of the molecule is CCn1c(CNC(=O)c2nc(Cl)c(N)nc2N)[n+](CCCP(O)O)c2ccc(OC)cc21. The lowest BCUT2D eigenvalue weighted by Crippen LogP contribution is -2.41. The maximum absolute atomic E-state index is 12.7. The highest BCUT2D eigenvalue weighted by atomic mass is 35.5. The largest absolute Gasteiger partial charge is 0.497 e. The van der Waals surface area contributed by atoms with E-state index in [1.54, 1.807) is 7.11 Å². The van der Waals surface area contributed by atoms with Gasteiger partial charge in [0.25, 0.3) is 11.7 Å². The van der Waals surface area contributed by atoms with Crippen LogP contribution in [-0.4, -0.2) is 43.5 Å². The molecule has 2 aromatic heterocycles. The van der Waals surface area contributed by atoms with E-state index in [1.807, 2.05) is 29.7 Å². The van der Waals surface area contributed by atoms with Gasteiger partial charge in [0.05, 0.1) is 20.2 Å². The summed E-state index contributed by atoms with van der Waals surface area (Å²) in [7, 11) is -0.373. The van der Waals surface area contributed by atoms with Gasteiger partial charge in [0.15, 0.2) is 41.9 Å². The first-order valence-electron chi connectivity index (χ1n) is 9.87. The van der Waals surface area contributed by atoms with Gasteiger partial charge in [-0.1, -0.05) is 11.6 Å². The Morgan fingerprint density at radius 3 is 2.72 bits per heavy atom. The summed E-state index contributed by atoms with van der Waals surface area (Å²) in [5.74, 6) is 0.824.